The summed E-state index contributed by atoms with van der Waals surface area (Å²) in [5.74, 6) is 0.178. The Balaban J connectivity index is 2.33. The molecule has 0 aliphatic heterocycles. The van der Waals surface area contributed by atoms with Crippen LogP contribution in [0.3, 0.4) is 0 Å². The summed E-state index contributed by atoms with van der Waals surface area (Å²) in [6.45, 7) is 2.63. The smallest absolute Gasteiger partial charge is 0.304 e. The number of rotatable bonds is 6. The molecular weight excluding hydrogens is 194 g/mol. The van der Waals surface area contributed by atoms with Crippen LogP contribution in [0, 0.1) is 0 Å². The van der Waals surface area contributed by atoms with E-state index in [4.69, 9.17) is 9.52 Å². The summed E-state index contributed by atoms with van der Waals surface area (Å²) in [4.78, 5) is 12.4. The number of furan rings is 1. The molecule has 1 heterocycles. The molecule has 1 N–H and O–H groups in total. The summed E-state index contributed by atoms with van der Waals surface area (Å²) in [7, 11) is 1.93. The fraction of sp³-hybridized carbons (Fsp3) is 0.545. The average molecular weight is 211 g/mol. The maximum Gasteiger partial charge on any atom is 0.304 e. The number of nitrogens with zero attached hydrogens (tertiary/aromatic N) is 1. The van der Waals surface area contributed by atoms with Gasteiger partial charge in [-0.05, 0) is 26.1 Å². The fourth-order valence-electron chi connectivity index (χ4n) is 1.37. The number of carboxylic acid groups (broad SMARTS) is 1. The zero-order valence-corrected chi connectivity index (χ0v) is 9.14. The molecule has 1 aromatic rings. The van der Waals surface area contributed by atoms with Gasteiger partial charge in [-0.3, -0.25) is 4.79 Å². The van der Waals surface area contributed by atoms with Crippen LogP contribution >= 0.6 is 0 Å². The van der Waals surface area contributed by atoms with Crippen LogP contribution < -0.4 is 0 Å². The van der Waals surface area contributed by atoms with Crippen molar-refractivity contribution < 1.29 is 14.3 Å². The van der Waals surface area contributed by atoms with Crippen molar-refractivity contribution in [1.82, 2.24) is 4.90 Å². The van der Waals surface area contributed by atoms with Gasteiger partial charge in [-0.1, -0.05) is 0 Å². The van der Waals surface area contributed by atoms with Crippen LogP contribution in [0.1, 0.15) is 19.1 Å². The zero-order chi connectivity index (χ0) is 11.3. The lowest BCUT2D eigenvalue weighted by molar-refractivity contribution is -0.137. The Morgan fingerprint density at radius 3 is 2.93 bits per heavy atom. The highest BCUT2D eigenvalue weighted by atomic mass is 16.4. The first-order valence-electron chi connectivity index (χ1n) is 5.04. The van der Waals surface area contributed by atoms with Crippen molar-refractivity contribution in [2.45, 2.75) is 25.8 Å². The minimum atomic E-state index is -0.757. The quantitative estimate of drug-likeness (QED) is 0.776. The highest BCUT2D eigenvalue weighted by Gasteiger charge is 2.12. The predicted molar refractivity (Wildman–Crippen MR) is 56.8 cm³/mol. The van der Waals surface area contributed by atoms with E-state index in [0.717, 1.165) is 12.2 Å². The molecule has 15 heavy (non-hydrogen) atoms. The third kappa shape index (κ3) is 4.16. The Bertz CT molecular complexity index is 295. The van der Waals surface area contributed by atoms with Crippen LogP contribution in [0.25, 0.3) is 0 Å². The van der Waals surface area contributed by atoms with E-state index in [1.807, 2.05) is 24.1 Å². The minimum Gasteiger partial charge on any atom is -0.481 e. The molecule has 0 saturated heterocycles. The second-order valence-electron chi connectivity index (χ2n) is 3.76. The SMILES string of the molecule is CC(Cc1ccco1)N(C)CCC(=O)O. The van der Waals surface area contributed by atoms with Crippen molar-refractivity contribution in [2.75, 3.05) is 13.6 Å². The second kappa shape index (κ2) is 5.56. The van der Waals surface area contributed by atoms with Gasteiger partial charge in [0.1, 0.15) is 5.76 Å². The number of likely N-dealkylation sites (N-methyl/N-ethyl adjacent to an activating group) is 1. The van der Waals surface area contributed by atoms with Crippen LogP contribution in [-0.4, -0.2) is 35.6 Å². The highest BCUT2D eigenvalue weighted by Crippen LogP contribution is 2.08. The van der Waals surface area contributed by atoms with Crippen molar-refractivity contribution in [3.63, 3.8) is 0 Å². The van der Waals surface area contributed by atoms with Crippen molar-refractivity contribution in [3.05, 3.63) is 24.2 Å². The van der Waals surface area contributed by atoms with Gasteiger partial charge < -0.3 is 14.4 Å². The normalized spacial score (nSPS) is 13.0. The number of hydrogen-bond acceptors (Lipinski definition) is 3. The monoisotopic (exact) mass is 211 g/mol. The molecule has 1 atom stereocenters. The molecule has 0 fully saturated rings. The Kier molecular flexibility index (Phi) is 4.37. The van der Waals surface area contributed by atoms with E-state index in [9.17, 15) is 4.79 Å². The summed E-state index contributed by atoms with van der Waals surface area (Å²) in [6, 6.07) is 4.08. The number of carbonyl (C=O) groups is 1. The molecule has 0 aliphatic carbocycles. The van der Waals surface area contributed by atoms with Crippen molar-refractivity contribution >= 4 is 5.97 Å². The van der Waals surface area contributed by atoms with E-state index >= 15 is 0 Å². The summed E-state index contributed by atoms with van der Waals surface area (Å²) >= 11 is 0. The molecule has 0 aromatic carbocycles. The summed E-state index contributed by atoms with van der Waals surface area (Å²) in [6.07, 6.45) is 2.64. The van der Waals surface area contributed by atoms with Gasteiger partial charge >= 0.3 is 5.97 Å². The third-order valence-corrected chi connectivity index (χ3v) is 2.51. The van der Waals surface area contributed by atoms with Gasteiger partial charge in [0, 0.05) is 19.0 Å². The van der Waals surface area contributed by atoms with Crippen LogP contribution in [0.4, 0.5) is 0 Å². The summed E-state index contributed by atoms with van der Waals surface area (Å²) < 4.78 is 5.24. The Hall–Kier alpha value is -1.29. The summed E-state index contributed by atoms with van der Waals surface area (Å²) in [5.41, 5.74) is 0. The predicted octanol–water partition coefficient (Wildman–Crippen LogP) is 1.62. The molecule has 0 aliphatic rings. The van der Waals surface area contributed by atoms with Gasteiger partial charge in [-0.15, -0.1) is 0 Å². The Morgan fingerprint density at radius 2 is 2.40 bits per heavy atom. The third-order valence-electron chi connectivity index (χ3n) is 2.51. The van der Waals surface area contributed by atoms with E-state index in [1.54, 1.807) is 6.26 Å². The first-order chi connectivity index (χ1) is 7.09. The average Bonchev–Trinajstić information content (AvgIpc) is 2.66. The maximum absolute atomic E-state index is 10.4. The Labute approximate surface area is 89.5 Å². The lowest BCUT2D eigenvalue weighted by Crippen LogP contribution is -2.32. The highest BCUT2D eigenvalue weighted by molar-refractivity contribution is 5.66. The molecule has 0 radical (unpaired) electrons. The van der Waals surface area contributed by atoms with Crippen molar-refractivity contribution in [1.29, 1.82) is 0 Å². The van der Waals surface area contributed by atoms with Gasteiger partial charge in [-0.2, -0.15) is 0 Å². The van der Waals surface area contributed by atoms with Crippen LogP contribution in [-0.2, 0) is 11.2 Å². The van der Waals surface area contributed by atoms with Gasteiger partial charge in [0.15, 0.2) is 0 Å². The first kappa shape index (κ1) is 11.8. The lowest BCUT2D eigenvalue weighted by Gasteiger charge is -2.22. The topological polar surface area (TPSA) is 53.7 Å². The molecule has 0 amide bonds. The molecule has 1 rings (SSSR count). The van der Waals surface area contributed by atoms with Gasteiger partial charge in [0.2, 0.25) is 0 Å². The molecule has 0 bridgehead atoms. The lowest BCUT2D eigenvalue weighted by atomic mass is 10.1. The number of hydrogen-bond donors (Lipinski definition) is 1. The van der Waals surface area contributed by atoms with Gasteiger partial charge in [0.05, 0.1) is 12.7 Å². The fourth-order valence-corrected chi connectivity index (χ4v) is 1.37. The molecule has 0 saturated carbocycles. The van der Waals surface area contributed by atoms with E-state index in [1.165, 1.54) is 0 Å². The van der Waals surface area contributed by atoms with Crippen LogP contribution in [0.15, 0.2) is 22.8 Å². The maximum atomic E-state index is 10.4. The van der Waals surface area contributed by atoms with Gasteiger partial charge in [0.25, 0.3) is 0 Å². The summed E-state index contributed by atoms with van der Waals surface area (Å²) in [5, 5.41) is 8.56. The van der Waals surface area contributed by atoms with E-state index in [0.29, 0.717) is 6.54 Å². The van der Waals surface area contributed by atoms with Crippen molar-refractivity contribution in [2.24, 2.45) is 0 Å². The molecular formula is C11H17NO3. The number of carboxylic acids is 1. The van der Waals surface area contributed by atoms with Crippen molar-refractivity contribution in [3.8, 4) is 0 Å². The molecule has 1 aromatic heterocycles. The first-order valence-corrected chi connectivity index (χ1v) is 5.04. The van der Waals surface area contributed by atoms with Crippen LogP contribution in [0.2, 0.25) is 0 Å². The molecule has 1 unspecified atom stereocenters. The zero-order valence-electron chi connectivity index (χ0n) is 9.14. The Morgan fingerprint density at radius 1 is 1.67 bits per heavy atom. The largest absolute Gasteiger partial charge is 0.481 e. The van der Waals surface area contributed by atoms with Gasteiger partial charge in [-0.25, -0.2) is 0 Å². The second-order valence-corrected chi connectivity index (χ2v) is 3.76. The van der Waals surface area contributed by atoms with Crippen LogP contribution in [0.5, 0.6) is 0 Å². The van der Waals surface area contributed by atoms with E-state index < -0.39 is 5.97 Å². The minimum absolute atomic E-state index is 0.180. The van der Waals surface area contributed by atoms with E-state index in [-0.39, 0.29) is 12.5 Å². The molecule has 4 nitrogen and oxygen atoms in total. The van der Waals surface area contributed by atoms with E-state index in [2.05, 4.69) is 6.92 Å². The standard InChI is InChI=1S/C11H17NO3/c1-9(8-10-4-3-7-15-10)12(2)6-5-11(13)14/h3-4,7,9H,5-6,8H2,1-2H3,(H,13,14). The molecule has 4 heteroatoms. The number of aliphatic carboxylic acids is 1. The molecule has 84 valence electrons. The molecule has 0 spiro atoms.